The molecule has 0 spiro atoms. The number of fused-ring (bicyclic) bond motifs is 1. The Balaban J connectivity index is 0.000000572. The first-order valence-electron chi connectivity index (χ1n) is 11.0. The van der Waals surface area contributed by atoms with Crippen molar-refractivity contribution in [1.82, 2.24) is 24.4 Å². The average molecular weight is 515 g/mol. The summed E-state index contributed by atoms with van der Waals surface area (Å²) in [4.78, 5) is 44.8. The zero-order valence-corrected chi connectivity index (χ0v) is 20.1. The maximum atomic E-state index is 13.1. The molecule has 0 aromatic carbocycles. The Kier molecular flexibility index (Phi) is 10.1. The highest BCUT2D eigenvalue weighted by molar-refractivity contribution is 5.76. The van der Waals surface area contributed by atoms with Crippen LogP contribution < -0.4 is 21.1 Å². The molecule has 2 aromatic heterocycles. The Labute approximate surface area is 204 Å². The molecule has 3 heterocycles. The molecule has 198 valence electrons. The molecule has 3 rings (SSSR count). The minimum absolute atomic E-state index is 0.189. The summed E-state index contributed by atoms with van der Waals surface area (Å²) in [7, 11) is 1.65. The molecule has 2 aromatic rings. The van der Waals surface area contributed by atoms with Crippen molar-refractivity contribution in [3.8, 4) is 11.8 Å². The third kappa shape index (κ3) is 7.35. The van der Waals surface area contributed by atoms with Gasteiger partial charge in [0, 0.05) is 39.8 Å². The zero-order chi connectivity index (χ0) is 26.9. The van der Waals surface area contributed by atoms with E-state index in [2.05, 4.69) is 37.3 Å². The summed E-state index contributed by atoms with van der Waals surface area (Å²) >= 11 is 0. The molecule has 1 saturated heterocycles. The van der Waals surface area contributed by atoms with Crippen molar-refractivity contribution in [2.24, 2.45) is 7.05 Å². The number of nitrogens with zero attached hydrogens (tertiary/aromatic N) is 5. The van der Waals surface area contributed by atoms with E-state index in [1.165, 1.54) is 4.57 Å². The minimum Gasteiger partial charge on any atom is -0.475 e. The number of hydrogen-bond donors (Lipinski definition) is 3. The van der Waals surface area contributed by atoms with Crippen LogP contribution >= 0.6 is 0 Å². The number of aliphatic carboxylic acids is 1. The smallest absolute Gasteiger partial charge is 0.475 e. The topological polar surface area (TPSA) is 144 Å². The lowest BCUT2D eigenvalue weighted by atomic mass is 10.4. The van der Waals surface area contributed by atoms with Crippen molar-refractivity contribution >= 4 is 35.0 Å². The second-order valence-electron chi connectivity index (χ2n) is 7.42. The van der Waals surface area contributed by atoms with E-state index in [4.69, 9.17) is 14.6 Å². The van der Waals surface area contributed by atoms with Crippen molar-refractivity contribution in [2.45, 2.75) is 33.0 Å². The first-order valence-corrected chi connectivity index (χ1v) is 11.0. The predicted molar refractivity (Wildman–Crippen MR) is 125 cm³/mol. The van der Waals surface area contributed by atoms with Gasteiger partial charge in [0.2, 0.25) is 11.9 Å². The maximum Gasteiger partial charge on any atom is 0.490 e. The lowest BCUT2D eigenvalue weighted by molar-refractivity contribution is -0.192. The number of aromatic nitrogens is 4. The van der Waals surface area contributed by atoms with Crippen molar-refractivity contribution in [3.63, 3.8) is 0 Å². The van der Waals surface area contributed by atoms with Crippen LogP contribution in [0.4, 0.5) is 25.1 Å². The summed E-state index contributed by atoms with van der Waals surface area (Å²) in [6.07, 6.45) is -4.89. The number of carbonyl (C=O) groups is 2. The van der Waals surface area contributed by atoms with E-state index >= 15 is 0 Å². The molecule has 0 unspecified atom stereocenters. The normalized spacial score (nSPS) is 13.3. The molecule has 0 atom stereocenters. The summed E-state index contributed by atoms with van der Waals surface area (Å²) in [5.74, 6) is 3.93. The average Bonchev–Trinajstić information content (AvgIpc) is 3.19. The van der Waals surface area contributed by atoms with Gasteiger partial charge in [-0.1, -0.05) is 5.92 Å². The number of rotatable bonds is 7. The number of piperazine rings is 1. The molecular weight excluding hydrogens is 487 g/mol. The highest BCUT2D eigenvalue weighted by atomic mass is 19.4. The van der Waals surface area contributed by atoms with Crippen LogP contribution in [0.3, 0.4) is 0 Å². The molecule has 1 aliphatic heterocycles. The van der Waals surface area contributed by atoms with Gasteiger partial charge < -0.3 is 25.4 Å². The van der Waals surface area contributed by atoms with E-state index in [1.807, 2.05) is 4.57 Å². The maximum absolute atomic E-state index is 13.1. The number of hydrogen-bond acceptors (Lipinski definition) is 9. The van der Waals surface area contributed by atoms with E-state index in [9.17, 15) is 22.8 Å². The number of carboxylic acid groups (broad SMARTS) is 1. The quantitative estimate of drug-likeness (QED) is 0.354. The van der Waals surface area contributed by atoms with Crippen LogP contribution in [-0.4, -0.2) is 81.7 Å². The zero-order valence-electron chi connectivity index (χ0n) is 20.1. The molecule has 1 aliphatic rings. The van der Waals surface area contributed by atoms with Gasteiger partial charge in [-0.2, -0.15) is 23.1 Å². The number of esters is 1. The van der Waals surface area contributed by atoms with Crippen molar-refractivity contribution in [3.05, 3.63) is 10.4 Å². The molecule has 0 bridgehead atoms. The highest BCUT2D eigenvalue weighted by Crippen LogP contribution is 2.21. The highest BCUT2D eigenvalue weighted by Gasteiger charge is 2.38. The van der Waals surface area contributed by atoms with Crippen molar-refractivity contribution in [2.75, 3.05) is 49.5 Å². The fourth-order valence-electron chi connectivity index (χ4n) is 3.23. The van der Waals surface area contributed by atoms with Crippen LogP contribution in [0.15, 0.2) is 4.79 Å². The third-order valence-electron chi connectivity index (χ3n) is 4.94. The van der Waals surface area contributed by atoms with Gasteiger partial charge in [0.15, 0.2) is 11.2 Å². The Morgan fingerprint density at radius 3 is 2.44 bits per heavy atom. The van der Waals surface area contributed by atoms with E-state index in [0.29, 0.717) is 42.8 Å². The van der Waals surface area contributed by atoms with Crippen LogP contribution in [0.2, 0.25) is 0 Å². The number of anilines is 2. The van der Waals surface area contributed by atoms with Gasteiger partial charge >= 0.3 is 18.1 Å². The van der Waals surface area contributed by atoms with Crippen LogP contribution in [0.1, 0.15) is 20.3 Å². The Morgan fingerprint density at radius 1 is 1.25 bits per heavy atom. The van der Waals surface area contributed by atoms with Crippen LogP contribution in [0, 0.1) is 11.8 Å². The largest absolute Gasteiger partial charge is 0.490 e. The molecule has 0 radical (unpaired) electrons. The molecule has 3 N–H and O–H groups in total. The third-order valence-corrected chi connectivity index (χ3v) is 4.94. The van der Waals surface area contributed by atoms with Gasteiger partial charge in [-0.05, 0) is 13.8 Å². The summed E-state index contributed by atoms with van der Waals surface area (Å²) in [5, 5.41) is 13.5. The van der Waals surface area contributed by atoms with E-state index in [-0.39, 0.29) is 17.9 Å². The molecule has 0 aliphatic carbocycles. The van der Waals surface area contributed by atoms with E-state index < -0.39 is 12.1 Å². The lowest BCUT2D eigenvalue weighted by Crippen LogP contribution is -2.44. The number of imidazole rings is 1. The van der Waals surface area contributed by atoms with Gasteiger partial charge in [0.05, 0.1) is 19.6 Å². The number of alkyl halides is 3. The first-order chi connectivity index (χ1) is 17.0. The Hall–Kier alpha value is -3.80. The Morgan fingerprint density at radius 2 is 1.89 bits per heavy atom. The monoisotopic (exact) mass is 515 g/mol. The standard InChI is InChI=1S/C19H27N7O3.C2HF3O2/c1-4-6-11-26-15-16(23-19(26)25-12-9-20-10-13-25)22-18(24(3)17(15)28)21-8-7-14(27)29-5-2;3-2(4,5)1(6)7/h20H,5,7-13H2,1-3H3,(H,21,22);(H,6,7). The number of carboxylic acids is 1. The molecule has 1 fully saturated rings. The van der Waals surface area contributed by atoms with Gasteiger partial charge in [0.1, 0.15) is 0 Å². The van der Waals surface area contributed by atoms with Gasteiger partial charge in [-0.3, -0.25) is 18.7 Å². The van der Waals surface area contributed by atoms with Gasteiger partial charge in [-0.15, -0.1) is 5.92 Å². The fourth-order valence-corrected chi connectivity index (χ4v) is 3.23. The molecule has 15 heteroatoms. The van der Waals surface area contributed by atoms with Crippen LogP contribution in [0.25, 0.3) is 11.2 Å². The minimum atomic E-state index is -5.08. The second kappa shape index (κ2) is 12.8. The fraction of sp³-hybridized carbons (Fsp3) is 0.571. The number of ether oxygens (including phenoxy) is 1. The number of nitrogens with one attached hydrogen (secondary N) is 2. The van der Waals surface area contributed by atoms with Gasteiger partial charge in [0.25, 0.3) is 5.56 Å². The molecular formula is C21H28F3N7O5. The second-order valence-corrected chi connectivity index (χ2v) is 7.42. The summed E-state index contributed by atoms with van der Waals surface area (Å²) in [6.45, 7) is 7.88. The van der Waals surface area contributed by atoms with Gasteiger partial charge in [-0.25, -0.2) is 4.79 Å². The molecule has 0 saturated carbocycles. The van der Waals surface area contributed by atoms with E-state index in [1.54, 1.807) is 20.9 Å². The summed E-state index contributed by atoms with van der Waals surface area (Å²) in [5.41, 5.74) is 0.596. The number of carbonyl (C=O) groups excluding carboxylic acids is 1. The number of halogens is 3. The van der Waals surface area contributed by atoms with Crippen molar-refractivity contribution in [1.29, 1.82) is 0 Å². The molecule has 36 heavy (non-hydrogen) atoms. The molecule has 0 amide bonds. The summed E-state index contributed by atoms with van der Waals surface area (Å²) in [6, 6.07) is 0. The predicted octanol–water partition coefficient (Wildman–Crippen LogP) is 0.561. The summed E-state index contributed by atoms with van der Waals surface area (Å²) < 4.78 is 39.9. The van der Waals surface area contributed by atoms with E-state index in [0.717, 1.165) is 26.2 Å². The van der Waals surface area contributed by atoms with Crippen LogP contribution in [-0.2, 0) is 27.9 Å². The van der Waals surface area contributed by atoms with Crippen molar-refractivity contribution < 1.29 is 32.6 Å². The molecule has 12 nitrogen and oxygen atoms in total. The van der Waals surface area contributed by atoms with Crippen LogP contribution in [0.5, 0.6) is 0 Å². The SMILES string of the molecule is CC#CCn1c(N2CCNCC2)nc2nc(NCCC(=O)OCC)n(C)c(=O)c21.O=C(O)C(F)(F)F. The lowest BCUT2D eigenvalue weighted by Gasteiger charge is -2.28. The first kappa shape index (κ1) is 28.4. The Bertz CT molecular complexity index is 1190.